The molecule has 2 saturated heterocycles. The summed E-state index contributed by atoms with van der Waals surface area (Å²) in [5.41, 5.74) is 5.02. The molecule has 2 aromatic heterocycles. The highest BCUT2D eigenvalue weighted by atomic mass is 31.2. The molecule has 12 rings (SSSR count). The molecule has 0 bridgehead atoms. The Morgan fingerprint density at radius 2 is 1.27 bits per heavy atom. The van der Waals surface area contributed by atoms with Gasteiger partial charge in [0.15, 0.2) is 0 Å². The third kappa shape index (κ3) is 20.3. The fraction of sp³-hybridized carbons (Fsp3) is 0.321. The van der Waals surface area contributed by atoms with Gasteiger partial charge in [0.25, 0.3) is 11.5 Å². The van der Waals surface area contributed by atoms with Crippen LogP contribution in [0.5, 0.6) is 17.2 Å². The molecule has 3 aliphatic rings. The number of nitrogens with zero attached hydrogens (tertiary/aromatic N) is 5. The minimum Gasteiger partial charge on any atom is -0.497 e. The lowest BCUT2D eigenvalue weighted by Crippen LogP contribution is -2.38. The number of nitrogens with one attached hydrogen (secondary N) is 2. The number of aryl methyl sites for hydroxylation is 2. The number of nitriles is 1. The van der Waals surface area contributed by atoms with Crippen molar-refractivity contribution in [3.05, 3.63) is 276 Å². The van der Waals surface area contributed by atoms with Crippen molar-refractivity contribution in [1.29, 1.82) is 5.26 Å². The maximum Gasteiger partial charge on any atom is 0.513 e. The van der Waals surface area contributed by atoms with E-state index >= 15 is 0 Å². The van der Waals surface area contributed by atoms with Crippen molar-refractivity contribution in [3.63, 3.8) is 0 Å². The Hall–Kier alpha value is -11.8. The van der Waals surface area contributed by atoms with Crippen LogP contribution in [0.1, 0.15) is 119 Å². The van der Waals surface area contributed by atoms with Gasteiger partial charge in [-0.25, -0.2) is 19.2 Å². The van der Waals surface area contributed by atoms with Crippen molar-refractivity contribution >= 4 is 50.1 Å². The van der Waals surface area contributed by atoms with Crippen molar-refractivity contribution in [2.24, 2.45) is 0 Å². The van der Waals surface area contributed by atoms with Crippen molar-refractivity contribution in [2.75, 3.05) is 66.2 Å². The van der Waals surface area contributed by atoms with Crippen molar-refractivity contribution in [2.45, 2.75) is 114 Å². The molecule has 7 aromatic carbocycles. The average Bonchev–Trinajstić information content (AvgIpc) is 1.70. The summed E-state index contributed by atoms with van der Waals surface area (Å²) in [5.74, 6) is -0.398. The van der Waals surface area contributed by atoms with Crippen LogP contribution in [0.15, 0.2) is 209 Å². The van der Waals surface area contributed by atoms with Gasteiger partial charge in [0.2, 0.25) is 0 Å². The first-order valence-corrected chi connectivity index (χ1v) is 37.8. The van der Waals surface area contributed by atoms with Crippen LogP contribution in [0.3, 0.4) is 0 Å². The summed E-state index contributed by atoms with van der Waals surface area (Å²) in [4.78, 5) is 125. The van der Waals surface area contributed by atoms with E-state index in [1.54, 1.807) is 76.7 Å². The van der Waals surface area contributed by atoms with Crippen LogP contribution in [-0.4, -0.2) is 145 Å². The lowest BCUT2D eigenvalue weighted by atomic mass is 9.80. The number of ketones is 2. The number of esters is 1. The monoisotopic (exact) mass is 1560 g/mol. The molecule has 2 aliphatic heterocycles. The predicted octanol–water partition coefficient (Wildman–Crippen LogP) is 11.9. The van der Waals surface area contributed by atoms with Gasteiger partial charge in [0.1, 0.15) is 84.2 Å². The van der Waals surface area contributed by atoms with E-state index in [4.69, 9.17) is 56.2 Å². The molecule has 586 valence electrons. The van der Waals surface area contributed by atoms with Gasteiger partial charge in [0, 0.05) is 68.6 Å². The summed E-state index contributed by atoms with van der Waals surface area (Å²) >= 11 is 0. The van der Waals surface area contributed by atoms with E-state index in [0.29, 0.717) is 34.6 Å². The zero-order valence-electron chi connectivity index (χ0n) is 62.7. The zero-order valence-corrected chi connectivity index (χ0v) is 63.6. The number of ether oxygens (including phenoxy) is 9. The summed E-state index contributed by atoms with van der Waals surface area (Å²) in [6.45, 7) is 2.21. The Labute approximate surface area is 651 Å². The number of carbonyl (C=O) groups is 6. The highest BCUT2D eigenvalue weighted by Gasteiger charge is 2.46. The maximum atomic E-state index is 13.9. The molecule has 2 amide bonds. The maximum absolute atomic E-state index is 13.9. The number of methoxy groups -OCH3 is 2. The Kier molecular flexibility index (Phi) is 27.1. The molecule has 7 atom stereocenters. The first-order valence-electron chi connectivity index (χ1n) is 36.7. The first-order chi connectivity index (χ1) is 54.7. The second-order valence-corrected chi connectivity index (χ2v) is 28.3. The van der Waals surface area contributed by atoms with Gasteiger partial charge in [-0.3, -0.25) is 33.3 Å². The summed E-state index contributed by atoms with van der Waals surface area (Å²) < 4.78 is 75.4. The quantitative estimate of drug-likeness (QED) is 0.00930. The summed E-state index contributed by atoms with van der Waals surface area (Å²) in [7, 11) is 2.20. The summed E-state index contributed by atoms with van der Waals surface area (Å²) in [6.07, 6.45) is -5.01. The third-order valence-corrected chi connectivity index (χ3v) is 20.7. The number of hydrogen-bond donors (Lipinski definition) is 2. The molecular formula is C84H84N7O21P. The molecule has 0 radical (unpaired) electrons. The minimum absolute atomic E-state index is 0.0179. The molecule has 28 nitrogen and oxygen atoms in total. The molecule has 2 N–H and O–H groups in total. The molecule has 3 unspecified atom stereocenters. The lowest BCUT2D eigenvalue weighted by molar-refractivity contribution is -0.153. The Bertz CT molecular complexity index is 4980. The standard InChI is InChI=1S/C84H84N7O21P/c1-53-49-91(81(98)88-78(53)95)76-48-71(72(109-76)51-105-84(58-14-7-6-8-15-58,59-28-35-62(101-4)36-29-59)60-30-37-63(102-5)38-31-60)112-113(106-44-13-41-85)107-52-73-70(111-77(94)39-20-54(2)92)47-75(110-73)90-42-40-74(87-80(90)97)86-79(96)57-26-21-55(22-27-57)23-32-61(93)46-56-24-33-64(34-25-56)108-83(100)103-45-43-89(3)82(99)104-50-69-67-18-11-9-16-65(67)66-17-10-12-19-68(66)69/h6-12,14-19,21-22,24-31,33-38,40,42,49,69-73,75-76H,13,20,23,32,39,43-48,50-52H2,1-5H3,(H,88,95,98)(H,86,87,96,97)/t70?,71?,72-,73-,75-,76-,113?/m1/s1. The molecule has 113 heavy (non-hydrogen) atoms. The third-order valence-electron chi connectivity index (χ3n) is 19.5. The van der Waals surface area contributed by atoms with Crippen LogP contribution < -0.4 is 36.5 Å². The van der Waals surface area contributed by atoms with E-state index in [1.807, 2.05) is 121 Å². The number of Topliss-reactive ketones (excluding diaryl/α,β-unsaturated/α-hetero) is 2. The highest BCUT2D eigenvalue weighted by Crippen LogP contribution is 2.49. The molecule has 0 spiro atoms. The largest absolute Gasteiger partial charge is 0.513 e. The second-order valence-electron chi connectivity index (χ2n) is 27.1. The summed E-state index contributed by atoms with van der Waals surface area (Å²) in [5, 5.41) is 12.3. The number of fused-ring (bicyclic) bond motifs is 3. The van der Waals surface area contributed by atoms with E-state index in [0.717, 1.165) is 37.9 Å². The normalized spacial score (nSPS) is 17.2. The zero-order chi connectivity index (χ0) is 79.5. The number of rotatable bonds is 35. The minimum atomic E-state index is -2.49. The molecule has 2 fully saturated rings. The van der Waals surface area contributed by atoms with Gasteiger partial charge < -0.3 is 71.2 Å². The molecule has 1 aliphatic carbocycles. The van der Waals surface area contributed by atoms with Crippen LogP contribution in [-0.2, 0) is 74.8 Å². The first kappa shape index (κ1) is 80.7. The van der Waals surface area contributed by atoms with Crippen LogP contribution >= 0.6 is 8.60 Å². The van der Waals surface area contributed by atoms with Gasteiger partial charge >= 0.3 is 38.2 Å². The number of aromatic nitrogens is 4. The number of amides is 2. The van der Waals surface area contributed by atoms with Crippen LogP contribution in [0, 0.1) is 18.3 Å². The van der Waals surface area contributed by atoms with Crippen LogP contribution in [0.4, 0.5) is 15.4 Å². The highest BCUT2D eigenvalue weighted by molar-refractivity contribution is 7.41. The van der Waals surface area contributed by atoms with Gasteiger partial charge in [-0.1, -0.05) is 127 Å². The Balaban J connectivity index is 0.650. The van der Waals surface area contributed by atoms with Gasteiger partial charge in [-0.15, -0.1) is 0 Å². The van der Waals surface area contributed by atoms with E-state index in [-0.39, 0.29) is 125 Å². The van der Waals surface area contributed by atoms with E-state index in [1.165, 1.54) is 34.9 Å². The van der Waals surface area contributed by atoms with Crippen molar-refractivity contribution in [3.8, 4) is 34.4 Å². The molecule has 4 heterocycles. The Morgan fingerprint density at radius 3 is 1.90 bits per heavy atom. The van der Waals surface area contributed by atoms with E-state index in [9.17, 15) is 48.4 Å². The number of hydrogen-bond acceptors (Lipinski definition) is 23. The van der Waals surface area contributed by atoms with Gasteiger partial charge in [-0.05, 0) is 125 Å². The van der Waals surface area contributed by atoms with Crippen LogP contribution in [0.25, 0.3) is 11.1 Å². The van der Waals surface area contributed by atoms with Gasteiger partial charge in [-0.2, -0.15) is 10.2 Å². The van der Waals surface area contributed by atoms with E-state index < -0.39 is 92.1 Å². The Morgan fingerprint density at radius 1 is 0.664 bits per heavy atom. The predicted molar refractivity (Wildman–Crippen MR) is 411 cm³/mol. The fourth-order valence-electron chi connectivity index (χ4n) is 13.5. The lowest BCUT2D eigenvalue weighted by Gasteiger charge is -2.37. The fourth-order valence-corrected chi connectivity index (χ4v) is 14.7. The number of H-pyrrole nitrogens is 1. The summed E-state index contributed by atoms with van der Waals surface area (Å²) in [6, 6.07) is 56.9. The number of anilines is 1. The van der Waals surface area contributed by atoms with Crippen molar-refractivity contribution < 1.29 is 85.0 Å². The second kappa shape index (κ2) is 37.9. The molecule has 9 aromatic rings. The molecule has 0 saturated carbocycles. The van der Waals surface area contributed by atoms with Gasteiger partial charge in [0.05, 0.1) is 65.6 Å². The SMILES string of the molecule is COc1ccc(C(OC[C@H]2O[C@@H](n3cc(C)c(=O)[nH]c3=O)CC2OP(OCCC#N)OC[C@H]2O[C@@H](n3ccc(NC(=O)c4ccc(CCC(=O)Cc5ccc(OC(=O)OCCN(C)C(=O)OCC6c7ccccc7-c7ccccc76)cc5)cc4)nc3=O)CC2OC(=O)CCC(C)=O)(c2ccccc2)c2ccc(OC)cc2)cc1. The van der Waals surface area contributed by atoms with E-state index in [2.05, 4.69) is 27.4 Å². The topological polar surface area (TPSA) is 342 Å². The number of likely N-dealkylation sites (N-methyl/N-ethyl adjacent to an activating group) is 1. The smallest absolute Gasteiger partial charge is 0.497 e. The average molecular weight is 1560 g/mol. The number of carbonyl (C=O) groups excluding carboxylic acids is 6. The van der Waals surface area contributed by atoms with Crippen LogP contribution in [0.2, 0.25) is 0 Å². The number of aromatic amines is 1. The van der Waals surface area contributed by atoms with Crippen molar-refractivity contribution in [1.82, 2.24) is 24.0 Å². The molecular weight excluding hydrogens is 1470 g/mol. The molecule has 29 heteroatoms. The number of benzene rings is 7.